The maximum absolute atomic E-state index is 12.0. The first-order valence-electron chi connectivity index (χ1n) is 7.34. The van der Waals surface area contributed by atoms with Gasteiger partial charge in [0, 0.05) is 19.6 Å². The molecule has 1 aliphatic heterocycles. The molecule has 0 bridgehead atoms. The summed E-state index contributed by atoms with van der Waals surface area (Å²) in [6.07, 6.45) is 2.25. The van der Waals surface area contributed by atoms with Crippen molar-refractivity contribution < 1.29 is 9.53 Å². The number of aromatic nitrogens is 1. The minimum Gasteiger partial charge on any atom is -0.462 e. The van der Waals surface area contributed by atoms with Gasteiger partial charge in [0.2, 0.25) is 0 Å². The van der Waals surface area contributed by atoms with Gasteiger partial charge in [-0.05, 0) is 51.3 Å². The second-order valence-electron chi connectivity index (χ2n) is 5.66. The van der Waals surface area contributed by atoms with Gasteiger partial charge in [0.15, 0.2) is 5.82 Å². The topological polar surface area (TPSA) is 71.7 Å². The molecule has 21 heavy (non-hydrogen) atoms. The minimum atomic E-state index is -0.367. The Bertz CT molecular complexity index is 481. The number of rotatable bonds is 5. The lowest BCUT2D eigenvalue weighted by Gasteiger charge is -2.33. The van der Waals surface area contributed by atoms with Crippen LogP contribution >= 0.6 is 11.5 Å². The maximum Gasteiger partial charge on any atom is 0.345 e. The molecule has 0 aliphatic carbocycles. The van der Waals surface area contributed by atoms with E-state index in [4.69, 9.17) is 10.5 Å². The first-order valence-corrected chi connectivity index (χ1v) is 8.12. The Kier molecular flexibility index (Phi) is 5.41. The Morgan fingerprint density at radius 2 is 2.14 bits per heavy atom. The summed E-state index contributed by atoms with van der Waals surface area (Å²) in [4.78, 5) is 16.5. The molecule has 1 saturated heterocycles. The average Bonchev–Trinajstić information content (AvgIpc) is 2.81. The third kappa shape index (κ3) is 3.85. The van der Waals surface area contributed by atoms with Gasteiger partial charge in [0.1, 0.15) is 10.6 Å². The number of piperidine rings is 1. The largest absolute Gasteiger partial charge is 0.462 e. The van der Waals surface area contributed by atoms with Gasteiger partial charge in [0.25, 0.3) is 0 Å². The van der Waals surface area contributed by atoms with E-state index in [0.29, 0.717) is 18.1 Å². The summed E-state index contributed by atoms with van der Waals surface area (Å²) >= 11 is 1.29. The van der Waals surface area contributed by atoms with E-state index in [2.05, 4.69) is 28.3 Å². The molecule has 7 heteroatoms. The van der Waals surface area contributed by atoms with E-state index in [1.54, 1.807) is 6.92 Å². The van der Waals surface area contributed by atoms with Gasteiger partial charge in [-0.25, -0.2) is 4.79 Å². The normalized spacial score (nSPS) is 16.5. The number of nitrogens with two attached hydrogens (primary N) is 1. The zero-order chi connectivity index (χ0) is 15.4. The molecule has 1 fully saturated rings. The Balaban J connectivity index is 2.05. The van der Waals surface area contributed by atoms with Gasteiger partial charge >= 0.3 is 5.97 Å². The van der Waals surface area contributed by atoms with E-state index >= 15 is 0 Å². The lowest BCUT2D eigenvalue weighted by molar-refractivity contribution is 0.0528. The fourth-order valence-corrected chi connectivity index (χ4v) is 3.59. The molecule has 6 nitrogen and oxygen atoms in total. The highest BCUT2D eigenvalue weighted by molar-refractivity contribution is 7.11. The van der Waals surface area contributed by atoms with Crippen molar-refractivity contribution in [3.05, 3.63) is 5.56 Å². The van der Waals surface area contributed by atoms with Gasteiger partial charge in [-0.2, -0.15) is 4.37 Å². The van der Waals surface area contributed by atoms with E-state index in [0.717, 1.165) is 37.5 Å². The van der Waals surface area contributed by atoms with Gasteiger partial charge in [-0.3, -0.25) is 0 Å². The number of hydrogen-bond donors (Lipinski definition) is 1. The van der Waals surface area contributed by atoms with Crippen molar-refractivity contribution in [3.63, 3.8) is 0 Å². The van der Waals surface area contributed by atoms with Crippen molar-refractivity contribution in [1.29, 1.82) is 0 Å². The van der Waals surface area contributed by atoms with Crippen LogP contribution in [0.25, 0.3) is 0 Å². The number of nitrogen functional groups attached to an aromatic ring is 1. The van der Waals surface area contributed by atoms with Crippen LogP contribution in [0.4, 0.5) is 10.8 Å². The molecule has 0 saturated carbocycles. The van der Waals surface area contributed by atoms with Crippen molar-refractivity contribution in [2.45, 2.75) is 19.8 Å². The standard InChI is InChI=1S/C14H24N4O2S/c1-4-20-14(19)11-12(15)16-21-13(11)18-7-5-10(6-8-18)9-17(2)3/h10H,4-9H2,1-3H3,(H2,15,16). The average molecular weight is 312 g/mol. The van der Waals surface area contributed by atoms with E-state index in [-0.39, 0.29) is 11.8 Å². The van der Waals surface area contributed by atoms with E-state index in [9.17, 15) is 4.79 Å². The van der Waals surface area contributed by atoms with Gasteiger partial charge < -0.3 is 20.3 Å². The molecule has 1 aromatic heterocycles. The van der Waals surface area contributed by atoms with Crippen molar-refractivity contribution in [1.82, 2.24) is 9.27 Å². The Morgan fingerprint density at radius 3 is 2.71 bits per heavy atom. The lowest BCUT2D eigenvalue weighted by atomic mass is 9.96. The molecule has 2 N–H and O–H groups in total. The molecule has 1 aromatic rings. The third-order valence-electron chi connectivity index (χ3n) is 3.71. The summed E-state index contributed by atoms with van der Waals surface area (Å²) in [5.74, 6) is 0.630. The van der Waals surface area contributed by atoms with Crippen molar-refractivity contribution >= 4 is 28.3 Å². The summed E-state index contributed by atoms with van der Waals surface area (Å²) in [6, 6.07) is 0. The molecular weight excluding hydrogens is 288 g/mol. The molecule has 1 aliphatic rings. The fraction of sp³-hybridized carbons (Fsp3) is 0.714. The Hall–Kier alpha value is -1.34. The van der Waals surface area contributed by atoms with Crippen molar-refractivity contribution in [2.24, 2.45) is 5.92 Å². The second kappa shape index (κ2) is 7.09. The molecule has 0 radical (unpaired) electrons. The van der Waals surface area contributed by atoms with Crippen LogP contribution in [0.1, 0.15) is 30.1 Å². The van der Waals surface area contributed by atoms with Crippen LogP contribution in [0.3, 0.4) is 0 Å². The smallest absolute Gasteiger partial charge is 0.345 e. The SMILES string of the molecule is CCOC(=O)c1c(N)nsc1N1CCC(CN(C)C)CC1. The highest BCUT2D eigenvalue weighted by Crippen LogP contribution is 2.34. The molecule has 0 atom stereocenters. The predicted octanol–water partition coefficient (Wildman–Crippen LogP) is 1.68. The molecule has 0 spiro atoms. The monoisotopic (exact) mass is 312 g/mol. The summed E-state index contributed by atoms with van der Waals surface area (Å²) in [7, 11) is 4.21. The maximum atomic E-state index is 12.0. The van der Waals surface area contributed by atoms with Crippen molar-refractivity contribution in [3.8, 4) is 0 Å². The van der Waals surface area contributed by atoms with Gasteiger partial charge in [-0.1, -0.05) is 0 Å². The van der Waals surface area contributed by atoms with Crippen LogP contribution in [-0.2, 0) is 4.74 Å². The number of nitrogens with zero attached hydrogens (tertiary/aromatic N) is 3. The quantitative estimate of drug-likeness (QED) is 0.834. The van der Waals surface area contributed by atoms with E-state index in [1.807, 2.05) is 0 Å². The summed E-state index contributed by atoms with van der Waals surface area (Å²) in [5.41, 5.74) is 6.28. The molecule has 0 amide bonds. The number of ether oxygens (including phenoxy) is 1. The van der Waals surface area contributed by atoms with Crippen LogP contribution < -0.4 is 10.6 Å². The number of carbonyl (C=O) groups is 1. The molecule has 2 heterocycles. The minimum absolute atomic E-state index is 0.281. The molecule has 118 valence electrons. The molecule has 0 unspecified atom stereocenters. The van der Waals surface area contributed by atoms with Gasteiger partial charge in [0.05, 0.1) is 6.61 Å². The predicted molar refractivity (Wildman–Crippen MR) is 86.0 cm³/mol. The first-order chi connectivity index (χ1) is 10.0. The van der Waals surface area contributed by atoms with Crippen LogP contribution in [0, 0.1) is 5.92 Å². The molecule has 2 rings (SSSR count). The highest BCUT2D eigenvalue weighted by atomic mass is 32.1. The van der Waals surface area contributed by atoms with Crippen LogP contribution in [0.5, 0.6) is 0 Å². The fourth-order valence-electron chi connectivity index (χ4n) is 2.74. The number of hydrogen-bond acceptors (Lipinski definition) is 7. The first kappa shape index (κ1) is 16.0. The number of esters is 1. The zero-order valence-electron chi connectivity index (χ0n) is 13.0. The Morgan fingerprint density at radius 1 is 1.48 bits per heavy atom. The summed E-state index contributed by atoms with van der Waals surface area (Å²) < 4.78 is 9.22. The number of anilines is 2. The van der Waals surface area contributed by atoms with Crippen LogP contribution in [0.2, 0.25) is 0 Å². The highest BCUT2D eigenvalue weighted by Gasteiger charge is 2.27. The Labute approximate surface area is 130 Å². The van der Waals surface area contributed by atoms with Gasteiger partial charge in [-0.15, -0.1) is 0 Å². The van der Waals surface area contributed by atoms with Crippen LogP contribution in [0.15, 0.2) is 0 Å². The summed E-state index contributed by atoms with van der Waals surface area (Å²) in [6.45, 7) is 5.13. The molecule has 0 aromatic carbocycles. The van der Waals surface area contributed by atoms with E-state index < -0.39 is 0 Å². The van der Waals surface area contributed by atoms with Crippen molar-refractivity contribution in [2.75, 3.05) is 51.0 Å². The van der Waals surface area contributed by atoms with Crippen LogP contribution in [-0.4, -0.2) is 55.6 Å². The molecular formula is C14H24N4O2S. The number of carbonyl (C=O) groups excluding carboxylic acids is 1. The summed E-state index contributed by atoms with van der Waals surface area (Å²) in [5, 5.41) is 0.856. The van der Waals surface area contributed by atoms with E-state index in [1.165, 1.54) is 11.5 Å². The second-order valence-corrected chi connectivity index (χ2v) is 6.41. The zero-order valence-corrected chi connectivity index (χ0v) is 13.8. The third-order valence-corrected chi connectivity index (χ3v) is 4.63. The lowest BCUT2D eigenvalue weighted by Crippen LogP contribution is -2.37.